The number of fused-ring (bicyclic) bond motifs is 3. The van der Waals surface area contributed by atoms with E-state index in [-0.39, 0.29) is 70.8 Å². The van der Waals surface area contributed by atoms with Gasteiger partial charge in [0.15, 0.2) is 10.9 Å². The zero-order valence-corrected chi connectivity index (χ0v) is 22.6. The van der Waals surface area contributed by atoms with Crippen molar-refractivity contribution in [2.45, 2.75) is 43.3 Å². The number of nitrogens with two attached hydrogens (primary N) is 1. The van der Waals surface area contributed by atoms with E-state index < -0.39 is 52.3 Å². The Bertz CT molecular complexity index is 1730. The Morgan fingerprint density at radius 2 is 1.83 bits per heavy atom. The van der Waals surface area contributed by atoms with Crippen molar-refractivity contribution < 1.29 is 35.5 Å². The monoisotopic (exact) mass is 612 g/mol. The molecular weight excluding hydrogens is 589 g/mol. The predicted octanol–water partition coefficient (Wildman–Crippen LogP) is 5.90. The number of thiazole rings is 1. The highest BCUT2D eigenvalue weighted by Crippen LogP contribution is 2.46. The maximum Gasteiger partial charge on any atom is 0.417 e. The Kier molecular flexibility index (Phi) is 6.21. The molecule has 7 nitrogen and oxygen atoms in total. The van der Waals surface area contributed by atoms with E-state index in [1.807, 2.05) is 4.90 Å². The normalized spacial score (nSPS) is 23.2. The van der Waals surface area contributed by atoms with Gasteiger partial charge in [0.25, 0.3) is 0 Å². The van der Waals surface area contributed by atoms with E-state index in [4.69, 9.17) is 10.5 Å². The van der Waals surface area contributed by atoms with Crippen molar-refractivity contribution in [3.05, 3.63) is 35.4 Å². The molecule has 2 aromatic carbocycles. The Balaban J connectivity index is 1.41. The number of ether oxygens (including phenoxy) is 1. The number of halogens is 7. The van der Waals surface area contributed by atoms with Crippen LogP contribution in [-0.4, -0.2) is 70.5 Å². The third-order valence-corrected chi connectivity index (χ3v) is 9.24. The minimum atomic E-state index is -5.05. The molecule has 7 rings (SSSR count). The summed E-state index contributed by atoms with van der Waals surface area (Å²) in [6.07, 6.45) is -5.55. The Labute approximate surface area is 238 Å². The summed E-state index contributed by atoms with van der Waals surface area (Å²) in [7, 11) is 0. The number of nitrogen functional groups attached to an aromatic ring is 1. The van der Waals surface area contributed by atoms with Crippen LogP contribution in [0.3, 0.4) is 0 Å². The first-order valence-corrected chi connectivity index (χ1v) is 14.1. The molecule has 5 heterocycles. The number of nitrogens with zero attached hydrogens (tertiary/aromatic N) is 5. The van der Waals surface area contributed by atoms with Gasteiger partial charge in [0, 0.05) is 29.5 Å². The second-order valence-corrected chi connectivity index (χ2v) is 12.1. The van der Waals surface area contributed by atoms with E-state index >= 15 is 4.39 Å². The molecule has 4 aromatic rings. The predicted molar refractivity (Wildman–Crippen MR) is 143 cm³/mol. The van der Waals surface area contributed by atoms with Gasteiger partial charge in [-0.05, 0) is 37.6 Å². The van der Waals surface area contributed by atoms with Gasteiger partial charge < -0.3 is 15.4 Å². The van der Waals surface area contributed by atoms with Gasteiger partial charge in [-0.3, -0.25) is 4.90 Å². The van der Waals surface area contributed by atoms with Gasteiger partial charge in [-0.1, -0.05) is 11.3 Å². The molecule has 3 aliphatic rings. The topological polar surface area (TPSA) is 80.4 Å². The van der Waals surface area contributed by atoms with Crippen LogP contribution in [0.2, 0.25) is 0 Å². The highest BCUT2D eigenvalue weighted by Gasteiger charge is 2.49. The fourth-order valence-corrected chi connectivity index (χ4v) is 7.19. The van der Waals surface area contributed by atoms with E-state index in [1.54, 1.807) is 0 Å². The second kappa shape index (κ2) is 9.53. The average molecular weight is 613 g/mol. The van der Waals surface area contributed by atoms with Crippen molar-refractivity contribution in [2.24, 2.45) is 0 Å². The average Bonchev–Trinajstić information content (AvgIpc) is 3.57. The Morgan fingerprint density at radius 3 is 2.57 bits per heavy atom. The molecule has 3 aliphatic heterocycles. The quantitative estimate of drug-likeness (QED) is 0.281. The fourth-order valence-electron chi connectivity index (χ4n) is 6.42. The largest absolute Gasteiger partial charge is 0.461 e. The molecule has 2 N–H and O–H groups in total. The maximum absolute atomic E-state index is 16.5. The van der Waals surface area contributed by atoms with Gasteiger partial charge in [-0.2, -0.15) is 23.1 Å². The molecule has 42 heavy (non-hydrogen) atoms. The molecule has 0 amide bonds. The van der Waals surface area contributed by atoms with Crippen molar-refractivity contribution in [3.8, 4) is 17.1 Å². The first kappa shape index (κ1) is 27.4. The first-order valence-electron chi connectivity index (χ1n) is 13.3. The number of alkyl halides is 5. The summed E-state index contributed by atoms with van der Waals surface area (Å²) in [5.41, 5.74) is 1.85. The lowest BCUT2D eigenvalue weighted by Crippen LogP contribution is -2.49. The van der Waals surface area contributed by atoms with Crippen LogP contribution in [0.1, 0.15) is 24.8 Å². The number of hydrogen-bond acceptors (Lipinski definition) is 8. The number of rotatable bonds is 5. The van der Waals surface area contributed by atoms with E-state index in [9.17, 15) is 26.3 Å². The van der Waals surface area contributed by atoms with Crippen molar-refractivity contribution in [1.29, 1.82) is 0 Å². The molecule has 0 spiro atoms. The number of benzene rings is 2. The SMILES string of the molecule is Nc1nc2c(-c3c(C(F)(F)F)cc4c(N5CC(F)C5)nc(OC[C@@]56CCCN5C[C@H](F)C6)nc4c3F)ccc(F)c2s1. The van der Waals surface area contributed by atoms with Crippen molar-refractivity contribution in [3.63, 3.8) is 0 Å². The van der Waals surface area contributed by atoms with Crippen LogP contribution < -0.4 is 15.4 Å². The lowest BCUT2D eigenvalue weighted by atomic mass is 9.94. The molecule has 3 saturated heterocycles. The molecule has 3 fully saturated rings. The third-order valence-electron chi connectivity index (χ3n) is 8.34. The molecule has 0 radical (unpaired) electrons. The van der Waals surface area contributed by atoms with Crippen LogP contribution in [0.15, 0.2) is 18.2 Å². The highest BCUT2D eigenvalue weighted by atomic mass is 32.1. The van der Waals surface area contributed by atoms with Crippen LogP contribution in [0.5, 0.6) is 6.01 Å². The molecule has 0 bridgehead atoms. The molecule has 15 heteroatoms. The number of hydrogen-bond donors (Lipinski definition) is 1. The zero-order valence-electron chi connectivity index (χ0n) is 21.8. The van der Waals surface area contributed by atoms with Gasteiger partial charge >= 0.3 is 12.2 Å². The van der Waals surface area contributed by atoms with Crippen molar-refractivity contribution >= 4 is 43.4 Å². The summed E-state index contributed by atoms with van der Waals surface area (Å²) in [5.74, 6) is -2.23. The molecular formula is C27H23F7N6OS. The summed E-state index contributed by atoms with van der Waals surface area (Å²) in [6.45, 7) is 0.646. The minimum absolute atomic E-state index is 0.00407. The van der Waals surface area contributed by atoms with Gasteiger partial charge in [-0.25, -0.2) is 22.5 Å². The maximum atomic E-state index is 16.5. The Hall–Kier alpha value is -3.46. The third kappa shape index (κ3) is 4.31. The number of anilines is 2. The van der Waals surface area contributed by atoms with Crippen LogP contribution >= 0.6 is 11.3 Å². The summed E-state index contributed by atoms with van der Waals surface area (Å²) in [4.78, 5) is 15.8. The lowest BCUT2D eigenvalue weighted by Gasteiger charge is -2.36. The molecule has 0 unspecified atom stereocenters. The van der Waals surface area contributed by atoms with E-state index in [0.717, 1.165) is 29.9 Å². The zero-order chi connectivity index (χ0) is 29.6. The lowest BCUT2D eigenvalue weighted by molar-refractivity contribution is -0.137. The minimum Gasteiger partial charge on any atom is -0.461 e. The van der Waals surface area contributed by atoms with Gasteiger partial charge in [0.05, 0.1) is 34.4 Å². The van der Waals surface area contributed by atoms with Crippen LogP contribution in [0.4, 0.5) is 41.7 Å². The summed E-state index contributed by atoms with van der Waals surface area (Å²) in [5, 5.41) is -0.392. The van der Waals surface area contributed by atoms with Gasteiger partial charge in [0.2, 0.25) is 0 Å². The van der Waals surface area contributed by atoms with Gasteiger partial charge in [0.1, 0.15) is 36.1 Å². The first-order chi connectivity index (χ1) is 19.9. The van der Waals surface area contributed by atoms with Crippen molar-refractivity contribution in [1.82, 2.24) is 19.9 Å². The summed E-state index contributed by atoms with van der Waals surface area (Å²) >= 11 is 0.725. The van der Waals surface area contributed by atoms with E-state index in [2.05, 4.69) is 15.0 Å². The summed E-state index contributed by atoms with van der Waals surface area (Å²) in [6, 6.07) is 2.33. The Morgan fingerprint density at radius 1 is 1.05 bits per heavy atom. The second-order valence-electron chi connectivity index (χ2n) is 11.0. The van der Waals surface area contributed by atoms with Gasteiger partial charge in [-0.15, -0.1) is 0 Å². The fraction of sp³-hybridized carbons (Fsp3) is 0.444. The molecule has 222 valence electrons. The number of aromatic nitrogens is 3. The van der Waals surface area contributed by atoms with E-state index in [1.165, 1.54) is 4.90 Å². The highest BCUT2D eigenvalue weighted by molar-refractivity contribution is 7.22. The molecule has 0 saturated carbocycles. The standard InChI is InChI=1S/C27H23F7N6OS/c28-12-7-26(4-1-5-40(26)10-12)11-41-25-37-20-15(23(38-25)39-8-13(29)9-39)6-16(27(32,33)34)18(19(20)31)14-2-3-17(30)22-21(14)36-24(35)42-22/h2-3,6,12-13H,1,4-5,7-11H2,(H2,35,36)/t12-,26+/m1/s1. The molecule has 0 aliphatic carbocycles. The van der Waals surface area contributed by atoms with Crippen LogP contribution in [0, 0.1) is 11.6 Å². The molecule has 2 atom stereocenters. The smallest absolute Gasteiger partial charge is 0.417 e. The van der Waals surface area contributed by atoms with Crippen LogP contribution in [-0.2, 0) is 6.18 Å². The van der Waals surface area contributed by atoms with Crippen LogP contribution in [0.25, 0.3) is 32.2 Å². The van der Waals surface area contributed by atoms with Crippen molar-refractivity contribution in [2.75, 3.05) is 43.4 Å². The van der Waals surface area contributed by atoms with E-state index in [0.29, 0.717) is 19.0 Å². The molecule has 2 aromatic heterocycles. The summed E-state index contributed by atoms with van der Waals surface area (Å²) < 4.78 is 108.